The predicted molar refractivity (Wildman–Crippen MR) is 83.0 cm³/mol. The Kier molecular flexibility index (Phi) is 3.65. The van der Waals surface area contributed by atoms with Gasteiger partial charge < -0.3 is 0 Å². The van der Waals surface area contributed by atoms with E-state index in [0.29, 0.717) is 5.56 Å². The Morgan fingerprint density at radius 2 is 1.86 bits per heavy atom. The second kappa shape index (κ2) is 5.77. The van der Waals surface area contributed by atoms with Crippen LogP contribution in [0.5, 0.6) is 0 Å². The highest BCUT2D eigenvalue weighted by molar-refractivity contribution is 6.04. The molecule has 3 rings (SSSR count). The largest absolute Gasteiger partial charge is 0.289 e. The molecular weight excluding hydrogens is 278 g/mol. The first-order valence-electron chi connectivity index (χ1n) is 6.87. The number of carbonyl (C=O) groups excluding carboxylic acids is 1. The molecule has 22 heavy (non-hydrogen) atoms. The quantitative estimate of drug-likeness (QED) is 0.805. The average molecular weight is 293 g/mol. The Morgan fingerprint density at radius 3 is 2.59 bits per heavy atom. The number of aryl methyl sites for hydroxylation is 2. The number of tetrazole rings is 1. The average Bonchev–Trinajstić information content (AvgIpc) is 2.96. The monoisotopic (exact) mass is 293 g/mol. The maximum atomic E-state index is 12.4. The van der Waals surface area contributed by atoms with Crippen LogP contribution in [0.3, 0.4) is 0 Å². The third kappa shape index (κ3) is 2.71. The molecule has 0 atom stereocenters. The molecule has 0 fully saturated rings. The molecule has 0 bridgehead atoms. The van der Waals surface area contributed by atoms with Gasteiger partial charge in [0.2, 0.25) is 0 Å². The van der Waals surface area contributed by atoms with Crippen molar-refractivity contribution in [3.05, 3.63) is 65.2 Å². The van der Waals surface area contributed by atoms with E-state index in [4.69, 9.17) is 0 Å². The van der Waals surface area contributed by atoms with Crippen molar-refractivity contribution < 1.29 is 4.79 Å². The number of nitrogens with zero attached hydrogens (tertiary/aromatic N) is 4. The summed E-state index contributed by atoms with van der Waals surface area (Å²) in [5, 5.41) is 14.2. The van der Waals surface area contributed by atoms with Crippen LogP contribution < -0.4 is 5.32 Å². The molecule has 0 aliphatic carbocycles. The number of nitrogens with one attached hydrogen (secondary N) is 1. The minimum absolute atomic E-state index is 0.232. The Labute approximate surface area is 127 Å². The second-order valence-electron chi connectivity index (χ2n) is 5.02. The molecular formula is C16H15N5O. The van der Waals surface area contributed by atoms with Gasteiger partial charge in [-0.1, -0.05) is 41.0 Å². The Bertz CT molecular complexity index is 810. The van der Waals surface area contributed by atoms with Crippen molar-refractivity contribution in [2.45, 2.75) is 13.8 Å². The first kappa shape index (κ1) is 13.9. The van der Waals surface area contributed by atoms with E-state index in [1.807, 2.05) is 56.3 Å². The van der Waals surface area contributed by atoms with E-state index >= 15 is 0 Å². The van der Waals surface area contributed by atoms with Gasteiger partial charge in [0, 0.05) is 5.56 Å². The van der Waals surface area contributed by atoms with Gasteiger partial charge in [0.05, 0.1) is 5.69 Å². The normalized spacial score (nSPS) is 10.5. The number of para-hydroxylation sites is 1. The fourth-order valence-corrected chi connectivity index (χ4v) is 2.25. The molecule has 0 aliphatic rings. The highest BCUT2D eigenvalue weighted by Gasteiger charge is 2.14. The van der Waals surface area contributed by atoms with Crippen molar-refractivity contribution in [3.8, 4) is 5.69 Å². The van der Waals surface area contributed by atoms with Gasteiger partial charge in [-0.2, -0.15) is 4.68 Å². The van der Waals surface area contributed by atoms with Crippen LogP contribution in [-0.2, 0) is 0 Å². The molecule has 0 saturated carbocycles. The Hall–Kier alpha value is -3.02. The van der Waals surface area contributed by atoms with Crippen LogP contribution >= 0.6 is 0 Å². The summed E-state index contributed by atoms with van der Waals surface area (Å²) >= 11 is 0. The van der Waals surface area contributed by atoms with E-state index in [1.165, 1.54) is 4.68 Å². The van der Waals surface area contributed by atoms with Crippen molar-refractivity contribution in [3.63, 3.8) is 0 Å². The zero-order valence-electron chi connectivity index (χ0n) is 12.3. The molecule has 1 heterocycles. The van der Waals surface area contributed by atoms with Crippen LogP contribution in [0.1, 0.15) is 21.5 Å². The van der Waals surface area contributed by atoms with Gasteiger partial charge >= 0.3 is 0 Å². The molecule has 3 aromatic rings. The zero-order chi connectivity index (χ0) is 15.5. The number of aromatic nitrogens is 4. The van der Waals surface area contributed by atoms with Gasteiger partial charge in [0.1, 0.15) is 0 Å². The summed E-state index contributed by atoms with van der Waals surface area (Å²) in [6.07, 6.45) is 0. The first-order valence-corrected chi connectivity index (χ1v) is 6.87. The van der Waals surface area contributed by atoms with Gasteiger partial charge in [0.25, 0.3) is 11.9 Å². The Balaban J connectivity index is 1.88. The lowest BCUT2D eigenvalue weighted by molar-refractivity contribution is 0.102. The van der Waals surface area contributed by atoms with Crippen LogP contribution in [0, 0.1) is 13.8 Å². The summed E-state index contributed by atoms with van der Waals surface area (Å²) in [5.41, 5.74) is 3.41. The van der Waals surface area contributed by atoms with E-state index in [2.05, 4.69) is 20.8 Å². The summed E-state index contributed by atoms with van der Waals surface area (Å²) in [5.74, 6) is 0.0562. The molecule has 2 aromatic carbocycles. The maximum Gasteiger partial charge on any atom is 0.258 e. The smallest absolute Gasteiger partial charge is 0.258 e. The van der Waals surface area contributed by atoms with Crippen molar-refractivity contribution in [1.29, 1.82) is 0 Å². The number of rotatable bonds is 3. The molecule has 6 heteroatoms. The van der Waals surface area contributed by atoms with Crippen LogP contribution in [-0.4, -0.2) is 26.1 Å². The molecule has 110 valence electrons. The van der Waals surface area contributed by atoms with Crippen LogP contribution in [0.4, 0.5) is 5.95 Å². The molecule has 0 saturated heterocycles. The minimum atomic E-state index is -0.232. The van der Waals surface area contributed by atoms with E-state index in [-0.39, 0.29) is 11.9 Å². The van der Waals surface area contributed by atoms with Crippen LogP contribution in [0.25, 0.3) is 5.69 Å². The lowest BCUT2D eigenvalue weighted by Crippen LogP contribution is -2.17. The summed E-state index contributed by atoms with van der Waals surface area (Å²) in [4.78, 5) is 12.4. The molecule has 0 spiro atoms. The van der Waals surface area contributed by atoms with E-state index in [0.717, 1.165) is 16.8 Å². The predicted octanol–water partition coefficient (Wildman–Crippen LogP) is 2.53. The van der Waals surface area contributed by atoms with Gasteiger partial charge in [0.15, 0.2) is 0 Å². The molecule has 0 unspecified atom stereocenters. The van der Waals surface area contributed by atoms with Gasteiger partial charge in [-0.05, 0) is 48.0 Å². The SMILES string of the molecule is Cc1ccc(C(=O)Nc2nnnn2-c2ccccc2)c(C)c1. The Morgan fingerprint density at radius 1 is 1.09 bits per heavy atom. The number of amides is 1. The second-order valence-corrected chi connectivity index (χ2v) is 5.02. The van der Waals surface area contributed by atoms with Crippen LogP contribution in [0.15, 0.2) is 48.5 Å². The number of benzene rings is 2. The number of hydrogen-bond acceptors (Lipinski definition) is 4. The van der Waals surface area contributed by atoms with Crippen LogP contribution in [0.2, 0.25) is 0 Å². The van der Waals surface area contributed by atoms with Gasteiger partial charge in [-0.15, -0.1) is 0 Å². The zero-order valence-corrected chi connectivity index (χ0v) is 12.3. The van der Waals surface area contributed by atoms with Crippen molar-refractivity contribution in [2.24, 2.45) is 0 Å². The van der Waals surface area contributed by atoms with Crippen molar-refractivity contribution in [2.75, 3.05) is 5.32 Å². The molecule has 1 amide bonds. The summed E-state index contributed by atoms with van der Waals surface area (Å²) in [7, 11) is 0. The molecule has 6 nitrogen and oxygen atoms in total. The van der Waals surface area contributed by atoms with Gasteiger partial charge in [-0.25, -0.2) is 0 Å². The third-order valence-electron chi connectivity index (χ3n) is 3.32. The summed E-state index contributed by atoms with van der Waals surface area (Å²) in [6.45, 7) is 3.90. The summed E-state index contributed by atoms with van der Waals surface area (Å²) in [6, 6.07) is 15.1. The fraction of sp³-hybridized carbons (Fsp3) is 0.125. The number of anilines is 1. The topological polar surface area (TPSA) is 72.7 Å². The number of carbonyl (C=O) groups is 1. The number of hydrogen-bond donors (Lipinski definition) is 1. The molecule has 1 aromatic heterocycles. The highest BCUT2D eigenvalue weighted by atomic mass is 16.1. The lowest BCUT2D eigenvalue weighted by atomic mass is 10.1. The first-order chi connectivity index (χ1) is 10.6. The molecule has 1 N–H and O–H groups in total. The summed E-state index contributed by atoms with van der Waals surface area (Å²) < 4.78 is 1.49. The highest BCUT2D eigenvalue weighted by Crippen LogP contribution is 2.14. The standard InChI is InChI=1S/C16H15N5O/c1-11-8-9-14(12(2)10-11)15(22)17-16-18-19-20-21(16)13-6-4-3-5-7-13/h3-10H,1-2H3,(H,17,18,20,22). The lowest BCUT2D eigenvalue weighted by Gasteiger charge is -2.08. The van der Waals surface area contributed by atoms with E-state index in [9.17, 15) is 4.79 Å². The van der Waals surface area contributed by atoms with E-state index < -0.39 is 0 Å². The van der Waals surface area contributed by atoms with Gasteiger partial charge in [-0.3, -0.25) is 10.1 Å². The van der Waals surface area contributed by atoms with Crippen molar-refractivity contribution >= 4 is 11.9 Å². The van der Waals surface area contributed by atoms with E-state index in [1.54, 1.807) is 6.07 Å². The maximum absolute atomic E-state index is 12.4. The molecule has 0 radical (unpaired) electrons. The molecule has 0 aliphatic heterocycles. The minimum Gasteiger partial charge on any atom is -0.289 e. The fourth-order valence-electron chi connectivity index (χ4n) is 2.25. The van der Waals surface area contributed by atoms with Crippen molar-refractivity contribution in [1.82, 2.24) is 20.2 Å². The third-order valence-corrected chi connectivity index (χ3v) is 3.32.